The van der Waals surface area contributed by atoms with Crippen molar-refractivity contribution in [1.82, 2.24) is 9.97 Å². The second kappa shape index (κ2) is 5.29. The zero-order chi connectivity index (χ0) is 15.8. The topological polar surface area (TPSA) is 51.8 Å². The van der Waals surface area contributed by atoms with E-state index in [0.29, 0.717) is 0 Å². The average Bonchev–Trinajstić information content (AvgIpc) is 2.75. The molecule has 0 saturated carbocycles. The molecule has 0 atom stereocenters. The first-order chi connectivity index (χ1) is 9.55. The zero-order valence-electron chi connectivity index (χ0n) is 12.0. The first-order valence-electron chi connectivity index (χ1n) is 6.34. The molecular weight excluding hydrogens is 299 g/mol. The van der Waals surface area contributed by atoms with Crippen LogP contribution in [0.3, 0.4) is 0 Å². The van der Waals surface area contributed by atoms with Crippen molar-refractivity contribution in [1.29, 1.82) is 0 Å². The van der Waals surface area contributed by atoms with E-state index in [1.807, 2.05) is 26.2 Å². The molecule has 0 aliphatic rings. The molecule has 7 heteroatoms. The number of hydrogen-bond donors (Lipinski definition) is 1. The molecular formula is C14H16F3N3S. The third-order valence-corrected chi connectivity index (χ3v) is 3.73. The fraction of sp³-hybridized carbons (Fsp3) is 0.429. The Kier molecular flexibility index (Phi) is 3.97. The van der Waals surface area contributed by atoms with Crippen LogP contribution in [-0.2, 0) is 18.0 Å². The number of aromatic nitrogens is 2. The van der Waals surface area contributed by atoms with E-state index >= 15 is 0 Å². The minimum atomic E-state index is -4.43. The lowest BCUT2D eigenvalue weighted by atomic mass is 9.93. The van der Waals surface area contributed by atoms with Gasteiger partial charge in [0.2, 0.25) is 0 Å². The number of rotatable bonds is 2. The molecule has 0 aliphatic heterocycles. The third-order valence-electron chi connectivity index (χ3n) is 2.88. The number of anilines is 1. The van der Waals surface area contributed by atoms with Crippen molar-refractivity contribution in [3.8, 4) is 0 Å². The number of hydrogen-bond acceptors (Lipinski definition) is 4. The Labute approximate surface area is 125 Å². The Hall–Kier alpha value is -1.63. The second-order valence-corrected chi connectivity index (χ2v) is 6.77. The lowest BCUT2D eigenvalue weighted by molar-refractivity contribution is -0.137. The summed E-state index contributed by atoms with van der Waals surface area (Å²) in [5, 5.41) is 2.65. The fourth-order valence-electron chi connectivity index (χ4n) is 1.76. The largest absolute Gasteiger partial charge is 0.416 e. The maximum Gasteiger partial charge on any atom is 0.416 e. The molecule has 0 aliphatic carbocycles. The van der Waals surface area contributed by atoms with Crippen molar-refractivity contribution in [3.63, 3.8) is 0 Å². The number of nitrogens with zero attached hydrogens (tertiary/aromatic N) is 2. The average molecular weight is 315 g/mol. The molecule has 0 fully saturated rings. The summed E-state index contributed by atoms with van der Waals surface area (Å²) in [5.74, 6) is -0.132. The van der Waals surface area contributed by atoms with Crippen LogP contribution in [0.2, 0.25) is 0 Å². The summed E-state index contributed by atoms with van der Waals surface area (Å²) in [5.41, 5.74) is 5.78. The molecule has 2 rings (SSSR count). The van der Waals surface area contributed by atoms with E-state index in [4.69, 9.17) is 5.73 Å². The van der Waals surface area contributed by atoms with Gasteiger partial charge in [-0.15, -0.1) is 11.3 Å². The SMILES string of the molecule is CC(C)(C)c1csc(Cc2cc(C(F)(F)F)cc(N)n2)n1. The van der Waals surface area contributed by atoms with Crippen LogP contribution in [0, 0.1) is 0 Å². The summed E-state index contributed by atoms with van der Waals surface area (Å²) < 4.78 is 38.3. The van der Waals surface area contributed by atoms with E-state index < -0.39 is 11.7 Å². The molecule has 2 aromatic rings. The van der Waals surface area contributed by atoms with Gasteiger partial charge in [0, 0.05) is 17.2 Å². The molecule has 0 unspecified atom stereocenters. The number of alkyl halides is 3. The number of nitrogens with two attached hydrogens (primary N) is 1. The van der Waals surface area contributed by atoms with Crippen molar-refractivity contribution < 1.29 is 13.2 Å². The van der Waals surface area contributed by atoms with Crippen molar-refractivity contribution in [2.75, 3.05) is 5.73 Å². The number of pyridine rings is 1. The van der Waals surface area contributed by atoms with Crippen molar-refractivity contribution >= 4 is 17.2 Å². The highest BCUT2D eigenvalue weighted by Gasteiger charge is 2.31. The Bertz CT molecular complexity index is 642. The van der Waals surface area contributed by atoms with Crippen molar-refractivity contribution in [2.24, 2.45) is 0 Å². The van der Waals surface area contributed by atoms with Crippen LogP contribution >= 0.6 is 11.3 Å². The zero-order valence-corrected chi connectivity index (χ0v) is 12.8. The van der Waals surface area contributed by atoms with Gasteiger partial charge >= 0.3 is 6.18 Å². The van der Waals surface area contributed by atoms with Gasteiger partial charge in [-0.25, -0.2) is 9.97 Å². The molecule has 0 radical (unpaired) electrons. The summed E-state index contributed by atoms with van der Waals surface area (Å²) in [6.45, 7) is 6.10. The molecule has 3 nitrogen and oxygen atoms in total. The van der Waals surface area contributed by atoms with Gasteiger partial charge in [-0.3, -0.25) is 0 Å². The minimum absolute atomic E-state index is 0.0883. The normalized spacial score (nSPS) is 12.7. The second-order valence-electron chi connectivity index (χ2n) is 5.82. The van der Waals surface area contributed by atoms with Crippen LogP contribution in [0.5, 0.6) is 0 Å². The summed E-state index contributed by atoms with van der Waals surface area (Å²) in [6, 6.07) is 1.86. The van der Waals surface area contributed by atoms with E-state index in [2.05, 4.69) is 9.97 Å². The lowest BCUT2D eigenvalue weighted by Gasteiger charge is -2.14. The van der Waals surface area contributed by atoms with Gasteiger partial charge in [-0.1, -0.05) is 20.8 Å². The summed E-state index contributed by atoms with van der Waals surface area (Å²) in [4.78, 5) is 8.41. The first kappa shape index (κ1) is 15.8. The Morgan fingerprint density at radius 2 is 1.81 bits per heavy atom. The predicted molar refractivity (Wildman–Crippen MR) is 77.3 cm³/mol. The van der Waals surface area contributed by atoms with Crippen molar-refractivity contribution in [2.45, 2.75) is 38.8 Å². The van der Waals surface area contributed by atoms with Gasteiger partial charge in [0.1, 0.15) is 5.82 Å². The molecule has 2 aromatic heterocycles. The van der Waals surface area contributed by atoms with Gasteiger partial charge in [0.05, 0.1) is 22.0 Å². The van der Waals surface area contributed by atoms with Crippen LogP contribution in [0.1, 0.15) is 42.7 Å². The summed E-state index contributed by atoms with van der Waals surface area (Å²) in [7, 11) is 0. The molecule has 0 saturated heterocycles. The van der Waals surface area contributed by atoms with Gasteiger partial charge in [0.25, 0.3) is 0 Å². The standard InChI is InChI=1S/C14H16F3N3S/c1-13(2,3)10-7-21-12(20-10)6-9-4-8(14(15,16)17)5-11(18)19-9/h4-5,7H,6H2,1-3H3,(H2,18,19). The van der Waals surface area contributed by atoms with Crippen LogP contribution in [0.15, 0.2) is 17.5 Å². The molecule has 21 heavy (non-hydrogen) atoms. The smallest absolute Gasteiger partial charge is 0.384 e. The lowest BCUT2D eigenvalue weighted by Crippen LogP contribution is -2.12. The third kappa shape index (κ3) is 3.93. The van der Waals surface area contributed by atoms with Gasteiger partial charge in [-0.2, -0.15) is 13.2 Å². The van der Waals surface area contributed by atoms with E-state index in [1.165, 1.54) is 11.3 Å². The highest BCUT2D eigenvalue weighted by atomic mass is 32.1. The maximum atomic E-state index is 12.8. The summed E-state index contributed by atoms with van der Waals surface area (Å²) >= 11 is 1.42. The monoisotopic (exact) mass is 315 g/mol. The van der Waals surface area contributed by atoms with Crippen molar-refractivity contribution in [3.05, 3.63) is 39.5 Å². The summed E-state index contributed by atoms with van der Waals surface area (Å²) in [6.07, 6.45) is -4.18. The molecule has 2 N–H and O–H groups in total. The molecule has 2 heterocycles. The Morgan fingerprint density at radius 1 is 1.14 bits per heavy atom. The first-order valence-corrected chi connectivity index (χ1v) is 7.22. The molecule has 0 amide bonds. The Morgan fingerprint density at radius 3 is 2.33 bits per heavy atom. The highest BCUT2D eigenvalue weighted by Crippen LogP contribution is 2.31. The molecule has 0 aromatic carbocycles. The van der Waals surface area contributed by atoms with E-state index in [0.717, 1.165) is 22.8 Å². The number of thiazole rings is 1. The molecule has 114 valence electrons. The quantitative estimate of drug-likeness (QED) is 0.910. The van der Waals surface area contributed by atoms with E-state index in [9.17, 15) is 13.2 Å². The fourth-order valence-corrected chi connectivity index (χ4v) is 2.79. The predicted octanol–water partition coefficient (Wildman–Crippen LogP) is 4.03. The number of halogens is 3. The van der Waals surface area contributed by atoms with Gasteiger partial charge in [-0.05, 0) is 12.1 Å². The van der Waals surface area contributed by atoms with E-state index in [1.54, 1.807) is 0 Å². The van der Waals surface area contributed by atoms with Crippen LogP contribution in [0.25, 0.3) is 0 Å². The van der Waals surface area contributed by atoms with E-state index in [-0.39, 0.29) is 23.3 Å². The molecule has 0 bridgehead atoms. The van der Waals surface area contributed by atoms with Crippen LogP contribution in [-0.4, -0.2) is 9.97 Å². The van der Waals surface area contributed by atoms with Crippen LogP contribution < -0.4 is 5.73 Å². The van der Waals surface area contributed by atoms with Gasteiger partial charge in [0.15, 0.2) is 0 Å². The highest BCUT2D eigenvalue weighted by molar-refractivity contribution is 7.09. The molecule has 0 spiro atoms. The maximum absolute atomic E-state index is 12.8. The Balaban J connectivity index is 2.28. The van der Waals surface area contributed by atoms with Crippen LogP contribution in [0.4, 0.5) is 19.0 Å². The minimum Gasteiger partial charge on any atom is -0.384 e. The number of nitrogen functional groups attached to an aromatic ring is 1. The van der Waals surface area contributed by atoms with Gasteiger partial charge < -0.3 is 5.73 Å².